The highest BCUT2D eigenvalue weighted by Gasteiger charge is 2.25. The second kappa shape index (κ2) is 6.72. The largest absolute Gasteiger partial charge is 0.493 e. The number of aromatic nitrogens is 1. The summed E-state index contributed by atoms with van der Waals surface area (Å²) in [6.07, 6.45) is 3.12. The van der Waals surface area contributed by atoms with E-state index in [4.69, 9.17) is 25.8 Å². The molecule has 2 aromatic rings. The van der Waals surface area contributed by atoms with Gasteiger partial charge >= 0.3 is 5.97 Å². The number of esters is 1. The molecule has 122 valence electrons. The van der Waals surface area contributed by atoms with Crippen LogP contribution in [-0.2, 0) is 9.53 Å². The minimum absolute atomic E-state index is 0.120. The fraction of sp³-hybridized carbons (Fsp3) is 0.118. The predicted molar refractivity (Wildman–Crippen MR) is 89.4 cm³/mol. The van der Waals surface area contributed by atoms with Crippen LogP contribution in [0, 0.1) is 0 Å². The maximum absolute atomic E-state index is 12.0. The molecule has 0 saturated heterocycles. The number of nitrogens with zero attached hydrogens (tertiary/aromatic N) is 2. The van der Waals surface area contributed by atoms with Crippen LogP contribution in [0.2, 0.25) is 5.02 Å². The third-order valence-corrected chi connectivity index (χ3v) is 3.51. The molecule has 0 saturated carbocycles. The Labute approximate surface area is 143 Å². The first kappa shape index (κ1) is 16.0. The van der Waals surface area contributed by atoms with E-state index in [1.54, 1.807) is 50.6 Å². The number of carbonyl (C=O) groups is 1. The fourth-order valence-electron chi connectivity index (χ4n) is 2.14. The van der Waals surface area contributed by atoms with Crippen LogP contribution in [0.1, 0.15) is 11.3 Å². The van der Waals surface area contributed by atoms with Crippen molar-refractivity contribution in [2.75, 3.05) is 14.2 Å². The Hall–Kier alpha value is -2.86. The molecule has 1 aliphatic rings. The van der Waals surface area contributed by atoms with Gasteiger partial charge in [-0.25, -0.2) is 9.79 Å². The molecule has 0 fully saturated rings. The van der Waals surface area contributed by atoms with Gasteiger partial charge in [0.15, 0.2) is 17.2 Å². The summed E-state index contributed by atoms with van der Waals surface area (Å²) in [7, 11) is 3.10. The highest BCUT2D eigenvalue weighted by molar-refractivity contribution is 6.31. The van der Waals surface area contributed by atoms with E-state index in [-0.39, 0.29) is 11.6 Å². The van der Waals surface area contributed by atoms with Crippen LogP contribution in [0.5, 0.6) is 11.5 Å². The average Bonchev–Trinajstić information content (AvgIpc) is 2.95. The number of methoxy groups -OCH3 is 2. The average molecular weight is 345 g/mol. The van der Waals surface area contributed by atoms with E-state index in [1.807, 2.05) is 0 Å². The van der Waals surface area contributed by atoms with Crippen molar-refractivity contribution in [1.82, 2.24) is 4.98 Å². The Morgan fingerprint density at radius 2 is 1.92 bits per heavy atom. The van der Waals surface area contributed by atoms with Crippen molar-refractivity contribution in [1.29, 1.82) is 0 Å². The zero-order valence-electron chi connectivity index (χ0n) is 12.9. The summed E-state index contributed by atoms with van der Waals surface area (Å²) in [6, 6.07) is 8.47. The van der Waals surface area contributed by atoms with Gasteiger partial charge in [-0.05, 0) is 35.9 Å². The lowest BCUT2D eigenvalue weighted by Gasteiger charge is -2.07. The molecule has 2 heterocycles. The maximum atomic E-state index is 12.0. The first-order valence-corrected chi connectivity index (χ1v) is 7.35. The van der Waals surface area contributed by atoms with Crippen LogP contribution < -0.4 is 9.47 Å². The van der Waals surface area contributed by atoms with Gasteiger partial charge in [-0.1, -0.05) is 17.7 Å². The SMILES string of the molecule is COc1ccc(/C=C2\N=C(c3cc(Cl)ccn3)OC2=O)cc1OC. The molecule has 1 aliphatic heterocycles. The number of halogens is 1. The molecule has 0 radical (unpaired) electrons. The van der Waals surface area contributed by atoms with Gasteiger partial charge in [-0.3, -0.25) is 4.98 Å². The van der Waals surface area contributed by atoms with Gasteiger partial charge in [0.2, 0.25) is 5.90 Å². The van der Waals surface area contributed by atoms with Crippen molar-refractivity contribution in [3.05, 3.63) is 58.5 Å². The molecule has 0 bridgehead atoms. The Bertz CT molecular complexity index is 861. The normalized spacial score (nSPS) is 15.2. The molecular formula is C17H13ClN2O4. The highest BCUT2D eigenvalue weighted by atomic mass is 35.5. The van der Waals surface area contributed by atoms with Crippen molar-refractivity contribution in [2.45, 2.75) is 0 Å². The predicted octanol–water partition coefficient (Wildman–Crippen LogP) is 3.10. The van der Waals surface area contributed by atoms with Crippen molar-refractivity contribution >= 4 is 29.5 Å². The summed E-state index contributed by atoms with van der Waals surface area (Å²) in [6.45, 7) is 0. The van der Waals surface area contributed by atoms with Crippen molar-refractivity contribution in [3.63, 3.8) is 0 Å². The molecule has 0 unspecified atom stereocenters. The van der Waals surface area contributed by atoms with Gasteiger partial charge in [0, 0.05) is 11.2 Å². The van der Waals surface area contributed by atoms with Gasteiger partial charge < -0.3 is 14.2 Å². The van der Waals surface area contributed by atoms with E-state index in [0.717, 1.165) is 5.56 Å². The van der Waals surface area contributed by atoms with Gasteiger partial charge in [0.05, 0.1) is 14.2 Å². The van der Waals surface area contributed by atoms with E-state index >= 15 is 0 Å². The Morgan fingerprint density at radius 1 is 1.12 bits per heavy atom. The van der Waals surface area contributed by atoms with Crippen molar-refractivity contribution in [2.24, 2.45) is 4.99 Å². The molecule has 1 aromatic heterocycles. The van der Waals surface area contributed by atoms with Crippen LogP contribution in [0.3, 0.4) is 0 Å². The van der Waals surface area contributed by atoms with E-state index in [1.165, 1.54) is 6.20 Å². The molecule has 0 atom stereocenters. The number of pyridine rings is 1. The number of carbonyl (C=O) groups excluding carboxylic acids is 1. The summed E-state index contributed by atoms with van der Waals surface area (Å²) in [5.74, 6) is 0.718. The third kappa shape index (κ3) is 3.23. The standard InChI is InChI=1S/C17H13ClN2O4/c1-22-14-4-3-10(8-15(14)23-2)7-13-17(21)24-16(20-13)12-9-11(18)5-6-19-12/h3-9H,1-2H3/b13-7-. The Balaban J connectivity index is 1.94. The molecule has 24 heavy (non-hydrogen) atoms. The molecule has 0 spiro atoms. The molecule has 0 amide bonds. The lowest BCUT2D eigenvalue weighted by molar-refractivity contribution is -0.129. The molecule has 0 aliphatic carbocycles. The van der Waals surface area contributed by atoms with E-state index in [9.17, 15) is 4.79 Å². The number of aliphatic imine (C=N–C) groups is 1. The summed E-state index contributed by atoms with van der Waals surface area (Å²) < 4.78 is 15.6. The number of hydrogen-bond donors (Lipinski definition) is 0. The first-order chi connectivity index (χ1) is 11.6. The van der Waals surface area contributed by atoms with E-state index < -0.39 is 5.97 Å². The monoisotopic (exact) mass is 344 g/mol. The number of benzene rings is 1. The minimum Gasteiger partial charge on any atom is -0.493 e. The maximum Gasteiger partial charge on any atom is 0.363 e. The van der Waals surface area contributed by atoms with Gasteiger partial charge in [0.25, 0.3) is 0 Å². The van der Waals surface area contributed by atoms with Crippen LogP contribution in [0.15, 0.2) is 47.2 Å². The molecule has 6 nitrogen and oxygen atoms in total. The second-order valence-electron chi connectivity index (χ2n) is 4.81. The fourth-order valence-corrected chi connectivity index (χ4v) is 2.30. The van der Waals surface area contributed by atoms with Crippen molar-refractivity contribution < 1.29 is 19.0 Å². The quantitative estimate of drug-likeness (QED) is 0.629. The van der Waals surface area contributed by atoms with E-state index in [2.05, 4.69) is 9.98 Å². The van der Waals surface area contributed by atoms with Gasteiger partial charge in [-0.15, -0.1) is 0 Å². The van der Waals surface area contributed by atoms with Crippen LogP contribution in [-0.4, -0.2) is 31.1 Å². The zero-order chi connectivity index (χ0) is 17.1. The molecule has 1 aromatic carbocycles. The number of ether oxygens (including phenoxy) is 3. The van der Waals surface area contributed by atoms with Crippen LogP contribution in [0.4, 0.5) is 0 Å². The van der Waals surface area contributed by atoms with Crippen molar-refractivity contribution in [3.8, 4) is 11.5 Å². The highest BCUT2D eigenvalue weighted by Crippen LogP contribution is 2.29. The van der Waals surface area contributed by atoms with Crippen LogP contribution >= 0.6 is 11.6 Å². The topological polar surface area (TPSA) is 70.0 Å². The molecule has 7 heteroatoms. The minimum atomic E-state index is -0.554. The lowest BCUT2D eigenvalue weighted by Crippen LogP contribution is -2.07. The second-order valence-corrected chi connectivity index (χ2v) is 5.25. The summed E-state index contributed by atoms with van der Waals surface area (Å²) >= 11 is 5.91. The smallest absolute Gasteiger partial charge is 0.363 e. The molecule has 0 N–H and O–H groups in total. The number of hydrogen-bond acceptors (Lipinski definition) is 6. The lowest BCUT2D eigenvalue weighted by atomic mass is 10.1. The van der Waals surface area contributed by atoms with Gasteiger partial charge in [-0.2, -0.15) is 0 Å². The Morgan fingerprint density at radius 3 is 2.62 bits per heavy atom. The summed E-state index contributed by atoms with van der Waals surface area (Å²) in [5, 5.41) is 0.482. The first-order valence-electron chi connectivity index (χ1n) is 6.97. The van der Waals surface area contributed by atoms with Crippen LogP contribution in [0.25, 0.3) is 6.08 Å². The van der Waals surface area contributed by atoms with Gasteiger partial charge in [0.1, 0.15) is 5.69 Å². The van der Waals surface area contributed by atoms with E-state index in [0.29, 0.717) is 22.2 Å². The zero-order valence-corrected chi connectivity index (χ0v) is 13.7. The number of cyclic esters (lactones) is 1. The molecule has 3 rings (SSSR count). The number of rotatable bonds is 4. The summed E-state index contributed by atoms with van der Waals surface area (Å²) in [4.78, 5) is 20.3. The Kier molecular flexibility index (Phi) is 4.48. The summed E-state index contributed by atoms with van der Waals surface area (Å²) in [5.41, 5.74) is 1.29. The third-order valence-electron chi connectivity index (χ3n) is 3.27. The molecular weight excluding hydrogens is 332 g/mol.